The molecule has 172 valence electrons. The molecule has 0 aliphatic heterocycles. The third-order valence-corrected chi connectivity index (χ3v) is 4.72. The number of hydrogen-bond acceptors (Lipinski definition) is 5. The van der Waals surface area contributed by atoms with Crippen molar-refractivity contribution < 1.29 is 9.47 Å². The molecular formula is C23H31IN6O2. The highest BCUT2D eigenvalue weighted by molar-refractivity contribution is 14.0. The Bertz CT molecular complexity index is 961. The minimum atomic E-state index is 0. The van der Waals surface area contributed by atoms with Crippen molar-refractivity contribution in [2.45, 2.75) is 26.3 Å². The smallest absolute Gasteiger partial charge is 0.191 e. The van der Waals surface area contributed by atoms with Crippen molar-refractivity contribution in [2.24, 2.45) is 4.99 Å². The maximum atomic E-state index is 5.65. The number of hydrogen-bond donors (Lipinski definition) is 2. The van der Waals surface area contributed by atoms with Crippen LogP contribution in [0.15, 0.2) is 60.2 Å². The van der Waals surface area contributed by atoms with Crippen LogP contribution in [0.3, 0.4) is 0 Å². The molecule has 1 aromatic carbocycles. The lowest BCUT2D eigenvalue weighted by Gasteiger charge is -2.13. The molecule has 0 atom stereocenters. The van der Waals surface area contributed by atoms with Gasteiger partial charge in [0, 0.05) is 38.7 Å². The third kappa shape index (κ3) is 7.40. The van der Waals surface area contributed by atoms with Crippen LogP contribution >= 0.6 is 24.0 Å². The normalized spacial score (nSPS) is 10.9. The van der Waals surface area contributed by atoms with Crippen LogP contribution in [0.4, 0.5) is 0 Å². The zero-order chi connectivity index (χ0) is 21.9. The van der Waals surface area contributed by atoms with Crippen LogP contribution in [-0.4, -0.2) is 47.8 Å². The van der Waals surface area contributed by atoms with E-state index in [4.69, 9.17) is 9.47 Å². The Balaban J connectivity index is 0.00000363. The Morgan fingerprint density at radius 1 is 1.12 bits per heavy atom. The summed E-state index contributed by atoms with van der Waals surface area (Å²) in [5.74, 6) is 3.17. The van der Waals surface area contributed by atoms with Gasteiger partial charge in [-0.05, 0) is 49.1 Å². The van der Waals surface area contributed by atoms with E-state index in [2.05, 4.69) is 37.7 Å². The lowest BCUT2D eigenvalue weighted by Crippen LogP contribution is -2.37. The quantitative estimate of drug-likeness (QED) is 0.174. The monoisotopic (exact) mass is 550 g/mol. The topological polar surface area (TPSA) is 85.6 Å². The van der Waals surface area contributed by atoms with Gasteiger partial charge in [-0.3, -0.25) is 9.56 Å². The van der Waals surface area contributed by atoms with Gasteiger partial charge >= 0.3 is 0 Å². The second-order valence-corrected chi connectivity index (χ2v) is 6.87. The van der Waals surface area contributed by atoms with E-state index in [-0.39, 0.29) is 24.0 Å². The van der Waals surface area contributed by atoms with Gasteiger partial charge in [0.05, 0.1) is 13.7 Å². The molecule has 3 rings (SSSR count). The highest BCUT2D eigenvalue weighted by Crippen LogP contribution is 2.28. The summed E-state index contributed by atoms with van der Waals surface area (Å²) in [6, 6.07) is 10.1. The Hall–Kier alpha value is -2.82. The van der Waals surface area contributed by atoms with Crippen LogP contribution in [0.25, 0.3) is 5.82 Å². The third-order valence-electron chi connectivity index (χ3n) is 4.72. The standard InChI is InChI=1S/C23H30N6O2.HI/c1-4-31-21-14-18(7-9-20(21)30-3)6-5-11-26-23(24-2)28-16-19-8-10-22(27-15-19)29-13-12-25-17-29;/h7-10,12-15,17H,4-6,11,16H2,1-3H3,(H2,24,26,28);1H. The van der Waals surface area contributed by atoms with E-state index in [0.717, 1.165) is 48.2 Å². The molecule has 0 aliphatic carbocycles. The fourth-order valence-corrected chi connectivity index (χ4v) is 3.12. The SMILES string of the molecule is CCOc1cc(CCCNC(=NC)NCc2ccc(-n3ccnc3)nc2)ccc1OC.I. The van der Waals surface area contributed by atoms with E-state index in [1.165, 1.54) is 5.56 Å². The Labute approximate surface area is 206 Å². The van der Waals surface area contributed by atoms with Crippen molar-refractivity contribution in [3.05, 3.63) is 66.4 Å². The van der Waals surface area contributed by atoms with Gasteiger partial charge in [0.2, 0.25) is 0 Å². The van der Waals surface area contributed by atoms with Crippen LogP contribution < -0.4 is 20.1 Å². The average molecular weight is 550 g/mol. The molecule has 0 unspecified atom stereocenters. The molecule has 3 aromatic rings. The van der Waals surface area contributed by atoms with Crippen LogP contribution in [-0.2, 0) is 13.0 Å². The summed E-state index contributed by atoms with van der Waals surface area (Å²) < 4.78 is 12.9. The first-order valence-corrected chi connectivity index (χ1v) is 10.4. The number of benzene rings is 1. The number of pyridine rings is 1. The summed E-state index contributed by atoms with van der Waals surface area (Å²) in [6.45, 7) is 4.05. The van der Waals surface area contributed by atoms with Crippen LogP contribution in [0.5, 0.6) is 11.5 Å². The minimum absolute atomic E-state index is 0. The number of rotatable bonds is 10. The van der Waals surface area contributed by atoms with E-state index < -0.39 is 0 Å². The van der Waals surface area contributed by atoms with Crippen molar-refractivity contribution in [3.63, 3.8) is 0 Å². The van der Waals surface area contributed by atoms with Gasteiger partial charge in [-0.25, -0.2) is 9.97 Å². The molecule has 9 heteroatoms. The van der Waals surface area contributed by atoms with Gasteiger partial charge in [-0.1, -0.05) is 12.1 Å². The van der Waals surface area contributed by atoms with Gasteiger partial charge in [-0.15, -0.1) is 24.0 Å². The van der Waals surface area contributed by atoms with Crippen LogP contribution in [0, 0.1) is 0 Å². The first kappa shape index (κ1) is 25.4. The first-order valence-electron chi connectivity index (χ1n) is 10.4. The number of nitrogens with one attached hydrogen (secondary N) is 2. The Morgan fingerprint density at radius 3 is 2.62 bits per heavy atom. The molecule has 2 N–H and O–H groups in total. The highest BCUT2D eigenvalue weighted by Gasteiger charge is 2.06. The van der Waals surface area contributed by atoms with E-state index in [9.17, 15) is 0 Å². The maximum absolute atomic E-state index is 5.65. The second-order valence-electron chi connectivity index (χ2n) is 6.87. The van der Waals surface area contributed by atoms with E-state index >= 15 is 0 Å². The highest BCUT2D eigenvalue weighted by atomic mass is 127. The van der Waals surface area contributed by atoms with Crippen molar-refractivity contribution in [1.29, 1.82) is 0 Å². The molecule has 2 aromatic heterocycles. The molecule has 0 saturated heterocycles. The van der Waals surface area contributed by atoms with Gasteiger partial charge in [-0.2, -0.15) is 0 Å². The molecule has 2 heterocycles. The predicted molar refractivity (Wildman–Crippen MR) is 137 cm³/mol. The maximum Gasteiger partial charge on any atom is 0.191 e. The number of nitrogens with zero attached hydrogens (tertiary/aromatic N) is 4. The number of methoxy groups -OCH3 is 1. The zero-order valence-corrected chi connectivity index (χ0v) is 21.1. The van der Waals surface area contributed by atoms with Gasteiger partial charge in [0.25, 0.3) is 0 Å². The number of aryl methyl sites for hydroxylation is 1. The van der Waals surface area contributed by atoms with Crippen LogP contribution in [0.1, 0.15) is 24.5 Å². The van der Waals surface area contributed by atoms with E-state index in [1.807, 2.05) is 42.1 Å². The molecule has 0 spiro atoms. The molecule has 8 nitrogen and oxygen atoms in total. The summed E-state index contributed by atoms with van der Waals surface area (Å²) in [7, 11) is 3.43. The summed E-state index contributed by atoms with van der Waals surface area (Å²) in [6.07, 6.45) is 9.10. The molecule has 0 fully saturated rings. The second kappa shape index (κ2) is 13.6. The Morgan fingerprint density at radius 2 is 1.97 bits per heavy atom. The van der Waals surface area contributed by atoms with Crippen molar-refractivity contribution in [1.82, 2.24) is 25.2 Å². The summed E-state index contributed by atoms with van der Waals surface area (Å²) in [5, 5.41) is 6.68. The van der Waals surface area contributed by atoms with Gasteiger partial charge < -0.3 is 20.1 Å². The van der Waals surface area contributed by atoms with Crippen molar-refractivity contribution in [2.75, 3.05) is 27.3 Å². The fraction of sp³-hybridized carbons (Fsp3) is 0.348. The number of halogens is 1. The van der Waals surface area contributed by atoms with Crippen molar-refractivity contribution in [3.8, 4) is 17.3 Å². The number of aromatic nitrogens is 3. The minimum Gasteiger partial charge on any atom is -0.493 e. The largest absolute Gasteiger partial charge is 0.493 e. The number of imidazole rings is 1. The van der Waals surface area contributed by atoms with Crippen LogP contribution in [0.2, 0.25) is 0 Å². The molecule has 0 amide bonds. The Kier molecular flexibility index (Phi) is 10.8. The summed E-state index contributed by atoms with van der Waals surface area (Å²) in [5.41, 5.74) is 2.30. The average Bonchev–Trinajstić information content (AvgIpc) is 3.34. The summed E-state index contributed by atoms with van der Waals surface area (Å²) >= 11 is 0. The zero-order valence-electron chi connectivity index (χ0n) is 18.7. The molecule has 0 radical (unpaired) electrons. The van der Waals surface area contributed by atoms with E-state index in [0.29, 0.717) is 13.2 Å². The number of ether oxygens (including phenoxy) is 2. The summed E-state index contributed by atoms with van der Waals surface area (Å²) in [4.78, 5) is 12.8. The van der Waals surface area contributed by atoms with Gasteiger partial charge in [0.1, 0.15) is 12.1 Å². The molecule has 32 heavy (non-hydrogen) atoms. The predicted octanol–water partition coefficient (Wildman–Crippen LogP) is 3.59. The molecular weight excluding hydrogens is 519 g/mol. The fourth-order valence-electron chi connectivity index (χ4n) is 3.12. The number of guanidine groups is 1. The molecule has 0 aliphatic rings. The first-order chi connectivity index (χ1) is 15.2. The van der Waals surface area contributed by atoms with Crippen molar-refractivity contribution >= 4 is 29.9 Å². The molecule has 0 bridgehead atoms. The molecule has 0 saturated carbocycles. The lowest BCUT2D eigenvalue weighted by molar-refractivity contribution is 0.310. The van der Waals surface area contributed by atoms with Gasteiger partial charge in [0.15, 0.2) is 17.5 Å². The number of aliphatic imine (C=N–C) groups is 1. The van der Waals surface area contributed by atoms with E-state index in [1.54, 1.807) is 26.7 Å². The lowest BCUT2D eigenvalue weighted by atomic mass is 10.1.